The van der Waals surface area contributed by atoms with Crippen LogP contribution in [0.3, 0.4) is 0 Å². The van der Waals surface area contributed by atoms with Gasteiger partial charge in [-0.25, -0.2) is 0 Å². The van der Waals surface area contributed by atoms with E-state index in [0.717, 1.165) is 12.1 Å². The molecular formula is C17H24N2O3. The molecule has 1 aliphatic rings. The predicted molar refractivity (Wildman–Crippen MR) is 85.8 cm³/mol. The summed E-state index contributed by atoms with van der Waals surface area (Å²) in [6.07, 6.45) is 0.877. The fourth-order valence-electron chi connectivity index (χ4n) is 2.74. The minimum absolute atomic E-state index is 0.0249. The standard InChI is InChI=1S/C17H24N2O3/c1-17(2,3)15(16(21)22-4)18-11-14(20)19-10-9-12-7-5-6-8-13(12)19/h5-8,15,18H,9-11H2,1-4H3/t15-/m0/s1. The number of ether oxygens (including phenoxy) is 1. The molecule has 1 aromatic rings. The van der Waals surface area contributed by atoms with Crippen molar-refractivity contribution in [1.29, 1.82) is 0 Å². The second-order valence-electron chi connectivity index (χ2n) is 6.63. The van der Waals surface area contributed by atoms with Crippen LogP contribution in [0.4, 0.5) is 5.69 Å². The molecule has 1 aliphatic heterocycles. The third-order valence-electron chi connectivity index (χ3n) is 3.95. The summed E-state index contributed by atoms with van der Waals surface area (Å²) in [5, 5.41) is 3.05. The smallest absolute Gasteiger partial charge is 0.323 e. The van der Waals surface area contributed by atoms with Gasteiger partial charge in [0.05, 0.1) is 13.7 Å². The summed E-state index contributed by atoms with van der Waals surface area (Å²) < 4.78 is 4.83. The lowest BCUT2D eigenvalue weighted by molar-refractivity contribution is -0.146. The number of carbonyl (C=O) groups excluding carboxylic acids is 2. The summed E-state index contributed by atoms with van der Waals surface area (Å²) in [7, 11) is 1.36. The number of amides is 1. The molecule has 1 aromatic carbocycles. The van der Waals surface area contributed by atoms with Crippen LogP contribution >= 0.6 is 0 Å². The first-order valence-electron chi connectivity index (χ1n) is 7.54. The van der Waals surface area contributed by atoms with Crippen molar-refractivity contribution >= 4 is 17.6 Å². The third kappa shape index (κ3) is 3.47. The van der Waals surface area contributed by atoms with E-state index < -0.39 is 6.04 Å². The molecule has 0 radical (unpaired) electrons. The Balaban J connectivity index is 2.02. The van der Waals surface area contributed by atoms with E-state index in [1.165, 1.54) is 12.7 Å². The SMILES string of the molecule is COC(=O)[C@H](NCC(=O)N1CCc2ccccc21)C(C)(C)C. The van der Waals surface area contributed by atoms with Crippen molar-refractivity contribution in [3.05, 3.63) is 29.8 Å². The Hall–Kier alpha value is -1.88. The highest BCUT2D eigenvalue weighted by atomic mass is 16.5. The van der Waals surface area contributed by atoms with Gasteiger partial charge in [-0.3, -0.25) is 14.9 Å². The highest BCUT2D eigenvalue weighted by Gasteiger charge is 2.33. The monoisotopic (exact) mass is 304 g/mol. The van der Waals surface area contributed by atoms with Gasteiger partial charge in [0.25, 0.3) is 0 Å². The van der Waals surface area contributed by atoms with Gasteiger partial charge in [0.1, 0.15) is 6.04 Å². The molecule has 0 aromatic heterocycles. The third-order valence-corrected chi connectivity index (χ3v) is 3.95. The van der Waals surface area contributed by atoms with Crippen LogP contribution in [0.1, 0.15) is 26.3 Å². The minimum Gasteiger partial charge on any atom is -0.468 e. The van der Waals surface area contributed by atoms with Crippen LogP contribution in [0.25, 0.3) is 0 Å². The Bertz CT molecular complexity index is 563. The minimum atomic E-state index is -0.515. The number of benzene rings is 1. The van der Waals surface area contributed by atoms with E-state index in [2.05, 4.69) is 5.32 Å². The Labute approximate surface area is 131 Å². The summed E-state index contributed by atoms with van der Waals surface area (Å²) in [5.41, 5.74) is 1.84. The number of hydrogen-bond acceptors (Lipinski definition) is 4. The number of fused-ring (bicyclic) bond motifs is 1. The molecule has 1 heterocycles. The van der Waals surface area contributed by atoms with Crippen molar-refractivity contribution in [3.8, 4) is 0 Å². The molecule has 5 nitrogen and oxygen atoms in total. The van der Waals surface area contributed by atoms with Crippen molar-refractivity contribution < 1.29 is 14.3 Å². The van der Waals surface area contributed by atoms with Crippen molar-refractivity contribution in [2.45, 2.75) is 33.2 Å². The lowest BCUT2D eigenvalue weighted by Crippen LogP contribution is -2.50. The highest BCUT2D eigenvalue weighted by Crippen LogP contribution is 2.27. The number of nitrogens with one attached hydrogen (secondary N) is 1. The molecular weight excluding hydrogens is 280 g/mol. The molecule has 0 spiro atoms. The molecule has 0 fully saturated rings. The molecule has 0 unspecified atom stereocenters. The largest absolute Gasteiger partial charge is 0.468 e. The number of rotatable bonds is 4. The van der Waals surface area contributed by atoms with E-state index in [1.54, 1.807) is 4.90 Å². The van der Waals surface area contributed by atoms with Gasteiger partial charge in [0.15, 0.2) is 0 Å². The van der Waals surface area contributed by atoms with Crippen LogP contribution in [0.2, 0.25) is 0 Å². The molecule has 1 amide bonds. The van der Waals surface area contributed by atoms with E-state index in [1.807, 2.05) is 45.0 Å². The van der Waals surface area contributed by atoms with Crippen LogP contribution in [-0.4, -0.2) is 38.1 Å². The van der Waals surface area contributed by atoms with E-state index in [-0.39, 0.29) is 23.8 Å². The van der Waals surface area contributed by atoms with Gasteiger partial charge < -0.3 is 9.64 Å². The number of para-hydroxylation sites is 1. The highest BCUT2D eigenvalue weighted by molar-refractivity contribution is 5.97. The molecule has 2 rings (SSSR count). The van der Waals surface area contributed by atoms with Crippen LogP contribution < -0.4 is 10.2 Å². The van der Waals surface area contributed by atoms with Crippen LogP contribution in [0.5, 0.6) is 0 Å². The topological polar surface area (TPSA) is 58.6 Å². The quantitative estimate of drug-likeness (QED) is 0.861. The molecule has 1 atom stereocenters. The van der Waals surface area contributed by atoms with Gasteiger partial charge in [-0.1, -0.05) is 39.0 Å². The van der Waals surface area contributed by atoms with Crippen molar-refractivity contribution in [2.75, 3.05) is 25.1 Å². The molecule has 5 heteroatoms. The van der Waals surface area contributed by atoms with E-state index in [0.29, 0.717) is 6.54 Å². The number of carbonyl (C=O) groups is 2. The first-order valence-corrected chi connectivity index (χ1v) is 7.54. The van der Waals surface area contributed by atoms with E-state index in [9.17, 15) is 9.59 Å². The zero-order chi connectivity index (χ0) is 16.3. The molecule has 1 N–H and O–H groups in total. The molecule has 120 valence electrons. The normalized spacial score (nSPS) is 15.4. The Morgan fingerprint density at radius 3 is 2.64 bits per heavy atom. The number of methoxy groups -OCH3 is 1. The average Bonchev–Trinajstić information content (AvgIpc) is 2.89. The summed E-state index contributed by atoms with van der Waals surface area (Å²) >= 11 is 0. The maximum atomic E-state index is 12.5. The van der Waals surface area contributed by atoms with Crippen molar-refractivity contribution in [3.63, 3.8) is 0 Å². The molecule has 0 aliphatic carbocycles. The molecule has 0 saturated carbocycles. The van der Waals surface area contributed by atoms with Crippen LogP contribution in [-0.2, 0) is 20.7 Å². The zero-order valence-corrected chi connectivity index (χ0v) is 13.7. The maximum absolute atomic E-state index is 12.5. The Kier molecular flexibility index (Phi) is 4.86. The number of anilines is 1. The molecule has 0 bridgehead atoms. The van der Waals surface area contributed by atoms with Crippen molar-refractivity contribution in [1.82, 2.24) is 5.32 Å². The first-order chi connectivity index (χ1) is 10.3. The number of hydrogen-bond donors (Lipinski definition) is 1. The van der Waals surface area contributed by atoms with Gasteiger partial charge in [0, 0.05) is 12.2 Å². The molecule has 0 saturated heterocycles. The predicted octanol–water partition coefficient (Wildman–Crippen LogP) is 1.75. The van der Waals surface area contributed by atoms with E-state index >= 15 is 0 Å². The van der Waals surface area contributed by atoms with Gasteiger partial charge in [0.2, 0.25) is 5.91 Å². The summed E-state index contributed by atoms with van der Waals surface area (Å²) in [6.45, 7) is 6.63. The first kappa shape index (κ1) is 16.5. The Morgan fingerprint density at radius 2 is 2.00 bits per heavy atom. The lowest BCUT2D eigenvalue weighted by Gasteiger charge is -2.29. The molecule has 22 heavy (non-hydrogen) atoms. The van der Waals surface area contributed by atoms with Crippen molar-refractivity contribution in [2.24, 2.45) is 5.41 Å². The van der Waals surface area contributed by atoms with Gasteiger partial charge >= 0.3 is 5.97 Å². The lowest BCUT2D eigenvalue weighted by atomic mass is 9.87. The average molecular weight is 304 g/mol. The van der Waals surface area contributed by atoms with E-state index in [4.69, 9.17) is 4.74 Å². The van der Waals surface area contributed by atoms with Crippen LogP contribution in [0, 0.1) is 5.41 Å². The number of esters is 1. The second kappa shape index (κ2) is 6.48. The van der Waals surface area contributed by atoms with Crippen LogP contribution in [0.15, 0.2) is 24.3 Å². The number of nitrogens with zero attached hydrogens (tertiary/aromatic N) is 1. The summed E-state index contributed by atoms with van der Waals surface area (Å²) in [4.78, 5) is 26.1. The fraction of sp³-hybridized carbons (Fsp3) is 0.529. The zero-order valence-electron chi connectivity index (χ0n) is 13.7. The maximum Gasteiger partial charge on any atom is 0.323 e. The second-order valence-corrected chi connectivity index (χ2v) is 6.63. The van der Waals surface area contributed by atoms with Gasteiger partial charge in [-0.15, -0.1) is 0 Å². The van der Waals surface area contributed by atoms with Gasteiger partial charge in [-0.2, -0.15) is 0 Å². The summed E-state index contributed by atoms with van der Waals surface area (Å²) in [6, 6.07) is 7.41. The fourth-order valence-corrected chi connectivity index (χ4v) is 2.74. The Morgan fingerprint density at radius 1 is 1.32 bits per heavy atom. The summed E-state index contributed by atoms with van der Waals surface area (Å²) in [5.74, 6) is -0.370. The van der Waals surface area contributed by atoms with Gasteiger partial charge in [-0.05, 0) is 23.5 Å².